The maximum absolute atomic E-state index is 12.7. The van der Waals surface area contributed by atoms with Crippen LogP contribution in [0.5, 0.6) is 5.75 Å². The molecule has 1 aliphatic rings. The average molecular weight is 395 g/mol. The van der Waals surface area contributed by atoms with E-state index in [1.54, 1.807) is 19.2 Å². The van der Waals surface area contributed by atoms with Crippen LogP contribution in [0.3, 0.4) is 0 Å². The first-order valence-electron chi connectivity index (χ1n) is 9.80. The summed E-state index contributed by atoms with van der Waals surface area (Å²) in [6, 6.07) is 17.1. The second-order valence-corrected chi connectivity index (χ2v) is 6.89. The van der Waals surface area contributed by atoms with Gasteiger partial charge in [-0.3, -0.25) is 9.59 Å². The summed E-state index contributed by atoms with van der Waals surface area (Å²) in [5.41, 5.74) is 2.59. The molecule has 1 atom stereocenters. The summed E-state index contributed by atoms with van der Waals surface area (Å²) >= 11 is 0. The quantitative estimate of drug-likeness (QED) is 0.705. The van der Waals surface area contributed by atoms with Gasteiger partial charge in [-0.2, -0.15) is 5.10 Å². The van der Waals surface area contributed by atoms with Crippen molar-refractivity contribution in [3.63, 3.8) is 0 Å². The van der Waals surface area contributed by atoms with Crippen LogP contribution in [0.25, 0.3) is 0 Å². The predicted molar refractivity (Wildman–Crippen MR) is 112 cm³/mol. The number of rotatable bonds is 8. The van der Waals surface area contributed by atoms with Gasteiger partial charge in [0.2, 0.25) is 0 Å². The summed E-state index contributed by atoms with van der Waals surface area (Å²) < 4.78 is 5.26. The highest BCUT2D eigenvalue weighted by molar-refractivity contribution is 6.02. The molecule has 0 aliphatic carbocycles. The summed E-state index contributed by atoms with van der Waals surface area (Å²) in [4.78, 5) is 26.0. The molecule has 0 saturated carbocycles. The predicted octanol–water partition coefficient (Wildman–Crippen LogP) is 1.18. The maximum Gasteiger partial charge on any atom is 0.297 e. The molecule has 3 rings (SSSR count). The van der Waals surface area contributed by atoms with E-state index < -0.39 is 0 Å². The number of nitrogens with zero attached hydrogens (tertiary/aromatic N) is 2. The molecule has 0 fully saturated rings. The number of para-hydroxylation sites is 2. The molecule has 0 saturated heterocycles. The molecule has 1 aliphatic heterocycles. The van der Waals surface area contributed by atoms with E-state index in [4.69, 9.17) is 4.74 Å². The first kappa shape index (κ1) is 20.5. The average Bonchev–Trinajstić information content (AvgIpc) is 3.24. The second-order valence-electron chi connectivity index (χ2n) is 6.89. The fourth-order valence-corrected chi connectivity index (χ4v) is 3.26. The Hall–Kier alpha value is -3.19. The molecule has 1 heterocycles. The fourth-order valence-electron chi connectivity index (χ4n) is 3.26. The molecule has 0 aromatic heterocycles. The van der Waals surface area contributed by atoms with Gasteiger partial charge in [0.05, 0.1) is 31.6 Å². The topological polar surface area (TPSA) is 75.4 Å². The smallest absolute Gasteiger partial charge is 0.297 e. The van der Waals surface area contributed by atoms with Crippen LogP contribution in [0, 0.1) is 0 Å². The van der Waals surface area contributed by atoms with Crippen LogP contribution in [0.1, 0.15) is 18.9 Å². The van der Waals surface area contributed by atoms with E-state index in [0.29, 0.717) is 24.5 Å². The molecule has 1 unspecified atom stereocenters. The Labute approximate surface area is 171 Å². The fraction of sp³-hybridized carbons (Fsp3) is 0.318. The van der Waals surface area contributed by atoms with Crippen molar-refractivity contribution in [2.24, 2.45) is 5.10 Å². The van der Waals surface area contributed by atoms with Crippen molar-refractivity contribution in [3.05, 3.63) is 60.2 Å². The number of benzene rings is 2. The standard InChI is InChI=1S/C22H26N4O3/c1-3-25(15-21(27)23-19-11-7-8-12-20(19)29-2)16-22(28)26-14-13-18(24-26)17-9-5-4-6-10-17/h4-12H,3,13-16H2,1-2H3,(H,23,27)/p+1. The van der Waals surface area contributed by atoms with E-state index in [0.717, 1.165) is 22.6 Å². The molecule has 2 aromatic carbocycles. The number of ether oxygens (including phenoxy) is 1. The Morgan fingerprint density at radius 1 is 1.10 bits per heavy atom. The molecule has 0 radical (unpaired) electrons. The molecule has 2 N–H and O–H groups in total. The third-order valence-electron chi connectivity index (χ3n) is 4.89. The number of methoxy groups -OCH3 is 1. The molecule has 152 valence electrons. The lowest BCUT2D eigenvalue weighted by atomic mass is 10.1. The Balaban J connectivity index is 1.56. The normalized spacial score (nSPS) is 14.3. The number of nitrogens with one attached hydrogen (secondary N) is 2. The van der Waals surface area contributed by atoms with Crippen molar-refractivity contribution in [1.82, 2.24) is 5.01 Å². The number of hydrogen-bond acceptors (Lipinski definition) is 4. The summed E-state index contributed by atoms with van der Waals surface area (Å²) in [6.45, 7) is 3.62. The maximum atomic E-state index is 12.7. The molecule has 7 nitrogen and oxygen atoms in total. The van der Waals surface area contributed by atoms with E-state index in [2.05, 4.69) is 10.4 Å². The van der Waals surface area contributed by atoms with E-state index in [1.807, 2.05) is 49.4 Å². The Morgan fingerprint density at radius 3 is 2.55 bits per heavy atom. The van der Waals surface area contributed by atoms with Crippen LogP contribution in [0.2, 0.25) is 0 Å². The van der Waals surface area contributed by atoms with Gasteiger partial charge in [0.15, 0.2) is 13.1 Å². The molecule has 7 heteroatoms. The molecule has 0 spiro atoms. The van der Waals surface area contributed by atoms with E-state index >= 15 is 0 Å². The highest BCUT2D eigenvalue weighted by atomic mass is 16.5. The lowest BCUT2D eigenvalue weighted by molar-refractivity contribution is -0.882. The number of likely N-dealkylation sites (N-methyl/N-ethyl adjacent to an activating group) is 1. The zero-order chi connectivity index (χ0) is 20.6. The minimum atomic E-state index is -0.158. The Kier molecular flexibility index (Phi) is 6.97. The van der Waals surface area contributed by atoms with Gasteiger partial charge in [0, 0.05) is 6.42 Å². The van der Waals surface area contributed by atoms with Crippen molar-refractivity contribution in [3.8, 4) is 5.75 Å². The van der Waals surface area contributed by atoms with Gasteiger partial charge in [-0.05, 0) is 24.6 Å². The van der Waals surface area contributed by atoms with Crippen LogP contribution >= 0.6 is 0 Å². The van der Waals surface area contributed by atoms with Gasteiger partial charge < -0.3 is 15.0 Å². The number of amides is 2. The largest absolute Gasteiger partial charge is 0.495 e. The molecule has 2 aromatic rings. The minimum Gasteiger partial charge on any atom is -0.495 e. The summed E-state index contributed by atoms with van der Waals surface area (Å²) in [6.07, 6.45) is 0.742. The molecular formula is C22H27N4O3+. The van der Waals surface area contributed by atoms with E-state index in [9.17, 15) is 9.59 Å². The van der Waals surface area contributed by atoms with Crippen molar-refractivity contribution in [1.29, 1.82) is 0 Å². The summed E-state index contributed by atoms with van der Waals surface area (Å²) in [5.74, 6) is 0.377. The number of carbonyl (C=O) groups excluding carboxylic acids is 2. The van der Waals surface area contributed by atoms with Gasteiger partial charge in [-0.1, -0.05) is 42.5 Å². The van der Waals surface area contributed by atoms with Gasteiger partial charge in [0.25, 0.3) is 11.8 Å². The number of quaternary nitrogens is 1. The number of carbonyl (C=O) groups is 2. The van der Waals surface area contributed by atoms with Crippen LogP contribution in [0.15, 0.2) is 59.7 Å². The SMILES string of the molecule is CC[NH+](CC(=O)Nc1ccccc1OC)CC(=O)N1CCC(c2ccccc2)=N1. The van der Waals surface area contributed by atoms with Crippen LogP contribution in [0.4, 0.5) is 5.69 Å². The highest BCUT2D eigenvalue weighted by Gasteiger charge is 2.25. The van der Waals surface area contributed by atoms with Crippen LogP contribution in [-0.4, -0.2) is 55.8 Å². The number of anilines is 1. The summed E-state index contributed by atoms with van der Waals surface area (Å²) in [5, 5.41) is 8.87. The van der Waals surface area contributed by atoms with Gasteiger partial charge in [-0.15, -0.1) is 0 Å². The first-order valence-corrected chi connectivity index (χ1v) is 9.80. The van der Waals surface area contributed by atoms with Crippen molar-refractivity contribution >= 4 is 23.2 Å². The zero-order valence-electron chi connectivity index (χ0n) is 16.9. The molecule has 29 heavy (non-hydrogen) atoms. The van der Waals surface area contributed by atoms with E-state index in [1.165, 1.54) is 5.01 Å². The third kappa shape index (κ3) is 5.42. The monoisotopic (exact) mass is 395 g/mol. The van der Waals surface area contributed by atoms with Crippen molar-refractivity contribution in [2.45, 2.75) is 13.3 Å². The zero-order valence-corrected chi connectivity index (χ0v) is 16.9. The highest BCUT2D eigenvalue weighted by Crippen LogP contribution is 2.22. The lowest BCUT2D eigenvalue weighted by Gasteiger charge is -2.19. The van der Waals surface area contributed by atoms with Gasteiger partial charge >= 0.3 is 0 Å². The minimum absolute atomic E-state index is 0.0714. The van der Waals surface area contributed by atoms with Gasteiger partial charge in [-0.25, -0.2) is 5.01 Å². The van der Waals surface area contributed by atoms with Crippen molar-refractivity contribution < 1.29 is 19.2 Å². The van der Waals surface area contributed by atoms with Crippen LogP contribution < -0.4 is 15.0 Å². The van der Waals surface area contributed by atoms with Gasteiger partial charge in [0.1, 0.15) is 5.75 Å². The lowest BCUT2D eigenvalue weighted by Crippen LogP contribution is -3.13. The Bertz CT molecular complexity index is 883. The second kappa shape index (κ2) is 9.84. The molecular weight excluding hydrogens is 368 g/mol. The van der Waals surface area contributed by atoms with Crippen molar-refractivity contribution in [2.75, 3.05) is 38.6 Å². The molecule has 0 bridgehead atoms. The third-order valence-corrected chi connectivity index (χ3v) is 4.89. The first-order chi connectivity index (χ1) is 14.1. The Morgan fingerprint density at radius 2 is 1.83 bits per heavy atom. The van der Waals surface area contributed by atoms with E-state index in [-0.39, 0.29) is 24.9 Å². The summed E-state index contributed by atoms with van der Waals surface area (Å²) in [7, 11) is 1.56. The van der Waals surface area contributed by atoms with Crippen LogP contribution in [-0.2, 0) is 9.59 Å². The number of hydrazone groups is 1. The number of hydrogen-bond donors (Lipinski definition) is 2. The molecule has 2 amide bonds.